The molecular weight excluding hydrogens is 330 g/mol. The van der Waals surface area contributed by atoms with Crippen LogP contribution < -0.4 is 11.5 Å². The van der Waals surface area contributed by atoms with E-state index < -0.39 is 5.82 Å². The van der Waals surface area contributed by atoms with Crippen LogP contribution in [0.4, 0.5) is 15.8 Å². The van der Waals surface area contributed by atoms with Crippen LogP contribution in [0.3, 0.4) is 0 Å². The summed E-state index contributed by atoms with van der Waals surface area (Å²) in [6.45, 7) is 0. The molecule has 0 saturated heterocycles. The number of benzene rings is 2. The van der Waals surface area contributed by atoms with Gasteiger partial charge in [-0.3, -0.25) is 0 Å². The summed E-state index contributed by atoms with van der Waals surface area (Å²) < 4.78 is 14.0. The Hall–Kier alpha value is -0.810. The molecule has 0 aliphatic rings. The monoisotopic (exact) mass is 336 g/mol. The highest BCUT2D eigenvalue weighted by molar-refractivity contribution is 7.99. The predicted molar refractivity (Wildman–Crippen MR) is 80.8 cm³/mol. The molecule has 19 heavy (non-hydrogen) atoms. The molecule has 2 rings (SSSR count). The van der Waals surface area contributed by atoms with Gasteiger partial charge >= 0.3 is 0 Å². The minimum absolute atomic E-state index is 0.107. The Morgan fingerprint density at radius 1 is 0.947 bits per heavy atom. The molecule has 4 N–H and O–H groups in total. The maximum Gasteiger partial charge on any atom is 0.159 e. The Morgan fingerprint density at radius 3 is 2.26 bits per heavy atom. The van der Waals surface area contributed by atoms with Crippen molar-refractivity contribution in [1.82, 2.24) is 0 Å². The van der Waals surface area contributed by atoms with Crippen LogP contribution in [0.5, 0.6) is 0 Å². The summed E-state index contributed by atoms with van der Waals surface area (Å²) in [5.74, 6) is -0.643. The molecular formula is C12H8Cl3FN2S. The van der Waals surface area contributed by atoms with E-state index in [9.17, 15) is 4.39 Å². The fraction of sp³-hybridized carbons (Fsp3) is 0. The molecule has 100 valence electrons. The molecule has 7 heteroatoms. The van der Waals surface area contributed by atoms with Crippen molar-refractivity contribution < 1.29 is 4.39 Å². The van der Waals surface area contributed by atoms with Crippen LogP contribution >= 0.6 is 46.6 Å². The van der Waals surface area contributed by atoms with Crippen molar-refractivity contribution in [2.24, 2.45) is 0 Å². The van der Waals surface area contributed by atoms with Gasteiger partial charge in [-0.2, -0.15) is 0 Å². The van der Waals surface area contributed by atoms with Crippen molar-refractivity contribution in [1.29, 1.82) is 0 Å². The molecule has 0 amide bonds. The first-order valence-corrected chi connectivity index (χ1v) is 7.01. The lowest BCUT2D eigenvalue weighted by Crippen LogP contribution is -1.98. The molecule has 2 aromatic rings. The largest absolute Gasteiger partial charge is 0.398 e. The Labute approximate surface area is 128 Å². The van der Waals surface area contributed by atoms with E-state index in [1.54, 1.807) is 18.2 Å². The van der Waals surface area contributed by atoms with Gasteiger partial charge < -0.3 is 11.5 Å². The molecule has 0 aromatic heterocycles. The fourth-order valence-electron chi connectivity index (χ4n) is 1.41. The van der Waals surface area contributed by atoms with Gasteiger partial charge in [-0.15, -0.1) is 0 Å². The number of nitrogen functional groups attached to an aromatic ring is 2. The van der Waals surface area contributed by atoms with E-state index in [1.165, 1.54) is 6.07 Å². The molecule has 0 fully saturated rings. The van der Waals surface area contributed by atoms with Crippen molar-refractivity contribution in [2.75, 3.05) is 11.5 Å². The molecule has 2 nitrogen and oxygen atoms in total. The van der Waals surface area contributed by atoms with Gasteiger partial charge in [0, 0.05) is 4.90 Å². The molecule has 0 aliphatic heterocycles. The number of nitrogens with two attached hydrogens (primary N) is 2. The minimum Gasteiger partial charge on any atom is -0.398 e. The van der Waals surface area contributed by atoms with Crippen LogP contribution in [0.15, 0.2) is 34.1 Å². The van der Waals surface area contributed by atoms with E-state index >= 15 is 0 Å². The van der Waals surface area contributed by atoms with Gasteiger partial charge in [0.1, 0.15) is 5.02 Å². The molecule has 0 aliphatic carbocycles. The summed E-state index contributed by atoms with van der Waals surface area (Å²) in [6.07, 6.45) is 0. The zero-order valence-electron chi connectivity index (χ0n) is 9.38. The average Bonchev–Trinajstić information content (AvgIpc) is 2.36. The molecule has 0 radical (unpaired) electrons. The summed E-state index contributed by atoms with van der Waals surface area (Å²) in [6, 6.07) is 6.38. The first-order chi connectivity index (χ1) is 8.90. The number of hydrogen-bond donors (Lipinski definition) is 2. The van der Waals surface area contributed by atoms with Gasteiger partial charge in [-0.1, -0.05) is 46.6 Å². The zero-order chi connectivity index (χ0) is 14.2. The van der Waals surface area contributed by atoms with Crippen LogP contribution in [-0.2, 0) is 0 Å². The second kappa shape index (κ2) is 5.67. The Morgan fingerprint density at radius 2 is 1.63 bits per heavy atom. The van der Waals surface area contributed by atoms with E-state index in [1.807, 2.05) is 0 Å². The van der Waals surface area contributed by atoms with Gasteiger partial charge in [0.05, 0.1) is 26.3 Å². The van der Waals surface area contributed by atoms with E-state index in [-0.39, 0.29) is 21.3 Å². The van der Waals surface area contributed by atoms with Crippen LogP contribution in [0.25, 0.3) is 0 Å². The Kier molecular flexibility index (Phi) is 4.36. The third-order valence-electron chi connectivity index (χ3n) is 2.33. The van der Waals surface area contributed by atoms with E-state index in [0.717, 1.165) is 11.8 Å². The maximum atomic E-state index is 14.0. The first-order valence-electron chi connectivity index (χ1n) is 5.06. The fourth-order valence-corrected chi connectivity index (χ4v) is 2.90. The summed E-state index contributed by atoms with van der Waals surface area (Å²) in [5.41, 5.74) is 11.6. The lowest BCUT2D eigenvalue weighted by atomic mass is 10.3. The van der Waals surface area contributed by atoms with Gasteiger partial charge in [-0.25, -0.2) is 4.39 Å². The lowest BCUT2D eigenvalue weighted by molar-refractivity contribution is 0.604. The zero-order valence-corrected chi connectivity index (χ0v) is 12.5. The minimum atomic E-state index is -0.643. The number of anilines is 2. The number of rotatable bonds is 2. The highest BCUT2D eigenvalue weighted by atomic mass is 35.5. The van der Waals surface area contributed by atoms with Gasteiger partial charge in [0.15, 0.2) is 5.82 Å². The van der Waals surface area contributed by atoms with E-state index in [2.05, 4.69) is 0 Å². The molecule has 0 spiro atoms. The van der Waals surface area contributed by atoms with Gasteiger partial charge in [0.25, 0.3) is 0 Å². The third kappa shape index (κ3) is 3.03. The van der Waals surface area contributed by atoms with Crippen LogP contribution in [0.2, 0.25) is 15.1 Å². The molecule has 2 aromatic carbocycles. The second-order valence-corrected chi connectivity index (χ2v) is 5.97. The van der Waals surface area contributed by atoms with Gasteiger partial charge in [0.2, 0.25) is 0 Å². The van der Waals surface area contributed by atoms with E-state index in [0.29, 0.717) is 14.9 Å². The van der Waals surface area contributed by atoms with Crippen LogP contribution in [-0.4, -0.2) is 0 Å². The smallest absolute Gasteiger partial charge is 0.159 e. The van der Waals surface area contributed by atoms with E-state index in [4.69, 9.17) is 46.3 Å². The maximum absolute atomic E-state index is 14.0. The first kappa shape index (κ1) is 14.6. The topological polar surface area (TPSA) is 52.0 Å². The third-order valence-corrected chi connectivity index (χ3v) is 4.56. The van der Waals surface area contributed by atoms with Crippen molar-refractivity contribution in [3.05, 3.63) is 45.2 Å². The summed E-state index contributed by atoms with van der Waals surface area (Å²) in [4.78, 5) is 0.901. The molecule has 0 atom stereocenters. The van der Waals surface area contributed by atoms with Gasteiger partial charge in [-0.05, 0) is 24.3 Å². The summed E-state index contributed by atoms with van der Waals surface area (Å²) >= 11 is 18.6. The summed E-state index contributed by atoms with van der Waals surface area (Å²) in [7, 11) is 0. The molecule has 0 saturated carbocycles. The molecule has 0 unspecified atom stereocenters. The number of hydrogen-bond acceptors (Lipinski definition) is 3. The highest BCUT2D eigenvalue weighted by Crippen LogP contribution is 2.40. The second-order valence-electron chi connectivity index (χ2n) is 3.69. The van der Waals surface area contributed by atoms with Crippen molar-refractivity contribution in [2.45, 2.75) is 9.79 Å². The van der Waals surface area contributed by atoms with Crippen LogP contribution in [0.1, 0.15) is 0 Å². The van der Waals surface area contributed by atoms with Crippen molar-refractivity contribution in [3.63, 3.8) is 0 Å². The van der Waals surface area contributed by atoms with Crippen LogP contribution in [0, 0.1) is 5.82 Å². The highest BCUT2D eigenvalue weighted by Gasteiger charge is 2.15. The quantitative estimate of drug-likeness (QED) is 0.749. The lowest BCUT2D eigenvalue weighted by Gasteiger charge is -2.10. The Bertz CT molecular complexity index is 649. The SMILES string of the molecule is Nc1cc(N)c(Sc2ccc(Cl)c(Cl)c2)c(F)c1Cl. The standard InChI is InChI=1S/C12H8Cl3FN2S/c13-6-2-1-5(3-7(6)14)19-12-9(18)4-8(17)10(15)11(12)16/h1-4H,17-18H2. The van der Waals surface area contributed by atoms with Crippen molar-refractivity contribution >= 4 is 57.9 Å². The average molecular weight is 338 g/mol. The summed E-state index contributed by atoms with van der Waals surface area (Å²) in [5, 5.41) is 0.666. The Balaban J connectivity index is 2.43. The normalized spacial score (nSPS) is 10.7. The predicted octanol–water partition coefficient (Wildman–Crippen LogP) is 5.10. The van der Waals surface area contributed by atoms with Crippen molar-refractivity contribution in [3.8, 4) is 0 Å². The molecule has 0 bridgehead atoms. The number of halogens is 4. The molecule has 0 heterocycles.